The summed E-state index contributed by atoms with van der Waals surface area (Å²) in [4.78, 5) is 34.8. The van der Waals surface area contributed by atoms with Crippen molar-refractivity contribution in [2.24, 2.45) is 0 Å². The fraction of sp³-hybridized carbons (Fsp3) is 0.346. The first-order valence-corrected chi connectivity index (χ1v) is 11.9. The van der Waals surface area contributed by atoms with Crippen LogP contribution in [0.15, 0.2) is 54.2 Å². The topological polar surface area (TPSA) is 78.2 Å². The van der Waals surface area contributed by atoms with Gasteiger partial charge in [-0.25, -0.2) is 4.98 Å². The second kappa shape index (κ2) is 9.99. The lowest BCUT2D eigenvalue weighted by Crippen LogP contribution is -2.33. The van der Waals surface area contributed by atoms with Crippen LogP contribution in [0.3, 0.4) is 0 Å². The Labute approximate surface area is 204 Å². The van der Waals surface area contributed by atoms with E-state index in [4.69, 9.17) is 11.6 Å². The Morgan fingerprint density at radius 2 is 1.82 bits per heavy atom. The lowest BCUT2D eigenvalue weighted by Gasteiger charge is -2.26. The number of pyridine rings is 1. The number of Topliss-reactive ketones (excluding diaryl/α,β-unsaturated/α-hetero) is 1. The number of ketones is 1. The fourth-order valence-electron chi connectivity index (χ4n) is 4.63. The highest BCUT2D eigenvalue weighted by atomic mass is 35.5. The first-order valence-electron chi connectivity index (χ1n) is 11.6. The third-order valence-electron chi connectivity index (χ3n) is 6.42. The van der Waals surface area contributed by atoms with Crippen LogP contribution < -0.4 is 0 Å². The Morgan fingerprint density at radius 1 is 1.12 bits per heavy atom. The summed E-state index contributed by atoms with van der Waals surface area (Å²) in [5.41, 5.74) is 2.43. The van der Waals surface area contributed by atoms with Crippen molar-refractivity contribution >= 4 is 34.7 Å². The number of aliphatic hydroxyl groups excluding tert-OH is 1. The molecule has 1 amide bonds. The summed E-state index contributed by atoms with van der Waals surface area (Å²) < 4.78 is 1.73. The Kier molecular flexibility index (Phi) is 7.05. The minimum absolute atomic E-state index is 0.0731. The number of likely N-dealkylation sites (tertiary alicyclic amines) is 1. The highest BCUT2D eigenvalue weighted by molar-refractivity contribution is 6.46. The van der Waals surface area contributed by atoms with Gasteiger partial charge in [0.05, 0.1) is 17.3 Å². The van der Waals surface area contributed by atoms with Crippen molar-refractivity contribution in [1.82, 2.24) is 19.2 Å². The van der Waals surface area contributed by atoms with E-state index in [1.165, 1.54) is 0 Å². The number of hydrogen-bond donors (Lipinski definition) is 1. The van der Waals surface area contributed by atoms with Gasteiger partial charge in [-0.15, -0.1) is 0 Å². The van der Waals surface area contributed by atoms with Crippen LogP contribution in [-0.2, 0) is 9.59 Å². The molecule has 2 aromatic heterocycles. The third kappa shape index (κ3) is 4.33. The van der Waals surface area contributed by atoms with Gasteiger partial charge in [0.1, 0.15) is 11.3 Å². The number of carbonyl (C=O) groups excluding carboxylic acids is 2. The van der Waals surface area contributed by atoms with Gasteiger partial charge in [0.2, 0.25) is 0 Å². The summed E-state index contributed by atoms with van der Waals surface area (Å²) in [6, 6.07) is 11.9. The number of aliphatic hydroxyl groups is 1. The highest BCUT2D eigenvalue weighted by Crippen LogP contribution is 2.40. The fourth-order valence-corrected chi connectivity index (χ4v) is 4.76. The summed E-state index contributed by atoms with van der Waals surface area (Å²) in [7, 11) is 0. The van der Waals surface area contributed by atoms with E-state index in [-0.39, 0.29) is 11.3 Å². The average Bonchev–Trinajstić information content (AvgIpc) is 3.30. The molecule has 4 rings (SSSR count). The average molecular weight is 481 g/mol. The van der Waals surface area contributed by atoms with Crippen molar-refractivity contribution in [2.45, 2.75) is 33.2 Å². The van der Waals surface area contributed by atoms with E-state index in [1.54, 1.807) is 46.7 Å². The van der Waals surface area contributed by atoms with Crippen LogP contribution in [0.2, 0.25) is 5.02 Å². The van der Waals surface area contributed by atoms with Crippen LogP contribution >= 0.6 is 11.6 Å². The van der Waals surface area contributed by atoms with E-state index in [0.717, 1.165) is 25.2 Å². The molecule has 1 aliphatic rings. The monoisotopic (exact) mass is 480 g/mol. The molecule has 0 unspecified atom stereocenters. The normalized spacial score (nSPS) is 17.9. The summed E-state index contributed by atoms with van der Waals surface area (Å²) in [6.07, 6.45) is 2.50. The van der Waals surface area contributed by atoms with Crippen LogP contribution in [0.1, 0.15) is 43.3 Å². The van der Waals surface area contributed by atoms with E-state index in [0.29, 0.717) is 35.0 Å². The molecule has 34 heavy (non-hydrogen) atoms. The minimum atomic E-state index is -0.706. The van der Waals surface area contributed by atoms with Gasteiger partial charge < -0.3 is 14.9 Å². The molecule has 0 aliphatic carbocycles. The van der Waals surface area contributed by atoms with Crippen LogP contribution in [-0.4, -0.2) is 62.2 Å². The van der Waals surface area contributed by atoms with E-state index in [9.17, 15) is 14.7 Å². The second-order valence-electron chi connectivity index (χ2n) is 8.40. The number of halogens is 1. The number of amides is 1. The molecule has 1 aromatic carbocycles. The largest absolute Gasteiger partial charge is 0.505 e. The number of fused-ring (bicyclic) bond motifs is 1. The molecule has 178 valence electrons. The van der Waals surface area contributed by atoms with Gasteiger partial charge in [0.25, 0.3) is 11.7 Å². The van der Waals surface area contributed by atoms with Gasteiger partial charge >= 0.3 is 0 Å². The van der Waals surface area contributed by atoms with Crippen molar-refractivity contribution in [1.29, 1.82) is 0 Å². The van der Waals surface area contributed by atoms with Gasteiger partial charge in [0.15, 0.2) is 5.76 Å². The Hall–Kier alpha value is -3.16. The molecule has 3 heterocycles. The van der Waals surface area contributed by atoms with Gasteiger partial charge in [-0.3, -0.25) is 14.0 Å². The molecule has 0 radical (unpaired) electrons. The molecule has 8 heteroatoms. The lowest BCUT2D eigenvalue weighted by atomic mass is 9.96. The molecular weight excluding hydrogens is 452 g/mol. The summed E-state index contributed by atoms with van der Waals surface area (Å²) >= 11 is 6.10. The van der Waals surface area contributed by atoms with Gasteiger partial charge in [0, 0.05) is 17.8 Å². The SMILES string of the molecule is CCN(CC)CCCN1C(=O)C(=O)C(=C(O)c2c(C)nc3ccccn23)[C@H]1c1ccc(Cl)cc1. The predicted molar refractivity (Wildman–Crippen MR) is 133 cm³/mol. The number of benzene rings is 1. The maximum absolute atomic E-state index is 13.3. The molecule has 0 saturated carbocycles. The molecule has 3 aromatic rings. The third-order valence-corrected chi connectivity index (χ3v) is 6.67. The van der Waals surface area contributed by atoms with Crippen molar-refractivity contribution in [3.05, 3.63) is 76.2 Å². The molecule has 0 spiro atoms. The maximum Gasteiger partial charge on any atom is 0.295 e. The number of carbonyl (C=O) groups is 2. The Bertz CT molecular complexity index is 1240. The first kappa shape index (κ1) is 24.0. The molecular formula is C26H29ClN4O3. The maximum atomic E-state index is 13.3. The number of aryl methyl sites for hydroxylation is 1. The predicted octanol–water partition coefficient (Wildman–Crippen LogP) is 4.45. The van der Waals surface area contributed by atoms with E-state index in [1.807, 2.05) is 18.2 Å². The van der Waals surface area contributed by atoms with Crippen molar-refractivity contribution < 1.29 is 14.7 Å². The van der Waals surface area contributed by atoms with Crippen LogP contribution in [0.25, 0.3) is 11.4 Å². The molecule has 0 bridgehead atoms. The van der Waals surface area contributed by atoms with Crippen LogP contribution in [0.5, 0.6) is 0 Å². The number of rotatable bonds is 8. The van der Waals surface area contributed by atoms with Gasteiger partial charge in [-0.05, 0) is 62.8 Å². The van der Waals surface area contributed by atoms with Gasteiger partial charge in [-0.1, -0.05) is 43.6 Å². The molecule has 1 saturated heterocycles. The molecule has 1 fully saturated rings. The standard InChI is InChI=1S/C26H29ClN4O3/c1-4-29(5-2)14-8-16-31-23(18-10-12-19(27)13-11-18)21(25(33)26(31)34)24(32)22-17(3)28-20-9-6-7-15-30(20)22/h6-7,9-13,15,23,32H,4-5,8,14,16H2,1-3H3/t23-/m1/s1. The summed E-state index contributed by atoms with van der Waals surface area (Å²) in [6.45, 7) is 9.03. The quantitative estimate of drug-likeness (QED) is 0.293. The van der Waals surface area contributed by atoms with Gasteiger partial charge in [-0.2, -0.15) is 0 Å². The van der Waals surface area contributed by atoms with Crippen molar-refractivity contribution in [3.63, 3.8) is 0 Å². The summed E-state index contributed by atoms with van der Waals surface area (Å²) in [5.74, 6) is -1.51. The van der Waals surface area contributed by atoms with E-state index in [2.05, 4.69) is 23.7 Å². The van der Waals surface area contributed by atoms with Crippen LogP contribution in [0, 0.1) is 6.92 Å². The van der Waals surface area contributed by atoms with E-state index < -0.39 is 17.7 Å². The molecule has 1 N–H and O–H groups in total. The smallest absolute Gasteiger partial charge is 0.295 e. The van der Waals surface area contributed by atoms with Crippen LogP contribution in [0.4, 0.5) is 0 Å². The number of imidazole rings is 1. The molecule has 7 nitrogen and oxygen atoms in total. The zero-order valence-electron chi connectivity index (χ0n) is 19.7. The lowest BCUT2D eigenvalue weighted by molar-refractivity contribution is -0.140. The zero-order chi connectivity index (χ0) is 24.4. The molecule has 1 aliphatic heterocycles. The Balaban J connectivity index is 1.81. The van der Waals surface area contributed by atoms with E-state index >= 15 is 0 Å². The summed E-state index contributed by atoms with van der Waals surface area (Å²) in [5, 5.41) is 12.0. The molecule has 1 atom stereocenters. The highest BCUT2D eigenvalue weighted by Gasteiger charge is 2.46. The Morgan fingerprint density at radius 3 is 2.50 bits per heavy atom. The second-order valence-corrected chi connectivity index (χ2v) is 8.84. The number of aromatic nitrogens is 2. The van der Waals surface area contributed by atoms with Crippen molar-refractivity contribution in [2.75, 3.05) is 26.2 Å². The first-order chi connectivity index (χ1) is 16.4. The van der Waals surface area contributed by atoms with Crippen molar-refractivity contribution in [3.8, 4) is 0 Å². The zero-order valence-corrected chi connectivity index (χ0v) is 20.4. The number of hydrogen-bond acceptors (Lipinski definition) is 5. The minimum Gasteiger partial charge on any atom is -0.505 e. The number of nitrogens with zero attached hydrogens (tertiary/aromatic N) is 4.